The third-order valence-electron chi connectivity index (χ3n) is 3.41. The summed E-state index contributed by atoms with van der Waals surface area (Å²) in [6.45, 7) is 4.66. The maximum atomic E-state index is 13.0. The minimum atomic E-state index is -0.259. The molecule has 104 valence electrons. The van der Waals surface area contributed by atoms with Crippen molar-refractivity contribution in [2.75, 3.05) is 12.8 Å². The lowest BCUT2D eigenvalue weighted by Gasteiger charge is -2.26. The molecular weight excluding hydrogens is 263 g/mol. The number of carbonyl (C=O) groups excluding carboxylic acids is 1. The Morgan fingerprint density at radius 3 is 2.63 bits per heavy atom. The van der Waals surface area contributed by atoms with E-state index in [2.05, 4.69) is 12.2 Å². The van der Waals surface area contributed by atoms with Crippen LogP contribution in [0.1, 0.15) is 25.6 Å². The zero-order valence-corrected chi connectivity index (χ0v) is 12.2. The van der Waals surface area contributed by atoms with E-state index in [4.69, 9.17) is 0 Å². The molecule has 3 unspecified atom stereocenters. The molecule has 1 aromatic rings. The fourth-order valence-corrected chi connectivity index (χ4v) is 2.55. The Labute approximate surface area is 117 Å². The normalized spacial score (nSPS) is 24.8. The summed E-state index contributed by atoms with van der Waals surface area (Å²) in [6.07, 6.45) is 1.88. The fourth-order valence-electron chi connectivity index (χ4n) is 2.24. The van der Waals surface area contributed by atoms with Gasteiger partial charge in [-0.05, 0) is 30.9 Å². The number of benzene rings is 1. The van der Waals surface area contributed by atoms with Crippen LogP contribution in [0.3, 0.4) is 0 Å². The van der Waals surface area contributed by atoms with Gasteiger partial charge in [0, 0.05) is 11.8 Å². The van der Waals surface area contributed by atoms with Gasteiger partial charge in [-0.25, -0.2) is 4.39 Å². The lowest BCUT2D eigenvalue weighted by molar-refractivity contribution is -0.129. The Morgan fingerprint density at radius 2 is 2.05 bits per heavy atom. The fraction of sp³-hybridized carbons (Fsp3) is 0.500. The molecule has 1 heterocycles. The molecule has 3 atom stereocenters. The quantitative estimate of drug-likeness (QED) is 0.920. The molecule has 5 heteroatoms. The van der Waals surface area contributed by atoms with Crippen molar-refractivity contribution in [2.45, 2.75) is 31.3 Å². The number of nitrogens with one attached hydrogen (secondary N) is 1. The van der Waals surface area contributed by atoms with Gasteiger partial charge in [0.1, 0.15) is 12.0 Å². The average molecular weight is 282 g/mol. The SMILES string of the molecule is CSC(C)CN1C(=O)C(C)NC1c1ccc(F)cc1. The van der Waals surface area contributed by atoms with E-state index in [-0.39, 0.29) is 23.9 Å². The van der Waals surface area contributed by atoms with Gasteiger partial charge in [0.25, 0.3) is 0 Å². The van der Waals surface area contributed by atoms with Crippen molar-refractivity contribution in [3.8, 4) is 0 Å². The van der Waals surface area contributed by atoms with Gasteiger partial charge in [-0.2, -0.15) is 11.8 Å². The molecule has 0 aliphatic carbocycles. The number of halogens is 1. The van der Waals surface area contributed by atoms with Crippen LogP contribution in [0.25, 0.3) is 0 Å². The minimum Gasteiger partial charge on any atom is -0.320 e. The molecule has 1 fully saturated rings. The number of amides is 1. The van der Waals surface area contributed by atoms with Gasteiger partial charge >= 0.3 is 0 Å². The van der Waals surface area contributed by atoms with E-state index in [0.29, 0.717) is 11.8 Å². The Hall–Kier alpha value is -1.07. The maximum Gasteiger partial charge on any atom is 0.241 e. The Bertz CT molecular complexity index is 451. The summed E-state index contributed by atoms with van der Waals surface area (Å²) < 4.78 is 13.0. The highest BCUT2D eigenvalue weighted by Crippen LogP contribution is 2.26. The van der Waals surface area contributed by atoms with Gasteiger partial charge in [-0.3, -0.25) is 10.1 Å². The Morgan fingerprint density at radius 1 is 1.42 bits per heavy atom. The van der Waals surface area contributed by atoms with Gasteiger partial charge in [-0.1, -0.05) is 19.1 Å². The molecule has 19 heavy (non-hydrogen) atoms. The molecule has 0 aromatic heterocycles. The van der Waals surface area contributed by atoms with E-state index < -0.39 is 0 Å². The van der Waals surface area contributed by atoms with Crippen molar-refractivity contribution >= 4 is 17.7 Å². The predicted molar refractivity (Wildman–Crippen MR) is 76.4 cm³/mol. The second kappa shape index (κ2) is 5.92. The van der Waals surface area contributed by atoms with E-state index in [1.807, 2.05) is 18.1 Å². The average Bonchev–Trinajstić information content (AvgIpc) is 2.68. The molecule has 0 bridgehead atoms. The van der Waals surface area contributed by atoms with Crippen molar-refractivity contribution in [1.82, 2.24) is 10.2 Å². The van der Waals surface area contributed by atoms with Gasteiger partial charge in [-0.15, -0.1) is 0 Å². The highest BCUT2D eigenvalue weighted by molar-refractivity contribution is 7.99. The topological polar surface area (TPSA) is 32.3 Å². The van der Waals surface area contributed by atoms with E-state index in [9.17, 15) is 9.18 Å². The first-order chi connectivity index (χ1) is 9.02. The number of hydrogen-bond acceptors (Lipinski definition) is 3. The summed E-state index contributed by atoms with van der Waals surface area (Å²) in [5, 5.41) is 3.64. The van der Waals surface area contributed by atoms with Crippen LogP contribution in [0, 0.1) is 5.82 Å². The summed E-state index contributed by atoms with van der Waals surface area (Å²) in [6, 6.07) is 6.13. The second-order valence-corrected chi connectivity index (χ2v) is 6.16. The molecule has 1 amide bonds. The number of thioether (sulfide) groups is 1. The lowest BCUT2D eigenvalue weighted by atomic mass is 10.1. The van der Waals surface area contributed by atoms with E-state index >= 15 is 0 Å². The largest absolute Gasteiger partial charge is 0.320 e. The summed E-state index contributed by atoms with van der Waals surface area (Å²) in [4.78, 5) is 14.0. The Balaban J connectivity index is 2.21. The van der Waals surface area contributed by atoms with Crippen LogP contribution in [0.15, 0.2) is 24.3 Å². The van der Waals surface area contributed by atoms with Gasteiger partial charge in [0.2, 0.25) is 5.91 Å². The monoisotopic (exact) mass is 282 g/mol. The molecule has 1 aromatic carbocycles. The smallest absolute Gasteiger partial charge is 0.241 e. The minimum absolute atomic E-state index is 0.107. The van der Waals surface area contributed by atoms with Crippen LogP contribution in [-0.2, 0) is 4.79 Å². The van der Waals surface area contributed by atoms with Gasteiger partial charge < -0.3 is 4.90 Å². The first-order valence-electron chi connectivity index (χ1n) is 6.37. The third kappa shape index (κ3) is 3.09. The predicted octanol–water partition coefficient (Wildman–Crippen LogP) is 2.40. The van der Waals surface area contributed by atoms with Crippen molar-refractivity contribution in [3.05, 3.63) is 35.6 Å². The third-order valence-corrected chi connectivity index (χ3v) is 4.37. The molecule has 2 rings (SSSR count). The molecule has 3 nitrogen and oxygen atoms in total. The molecule has 0 saturated carbocycles. The Kier molecular flexibility index (Phi) is 4.47. The number of hydrogen-bond donors (Lipinski definition) is 1. The number of rotatable bonds is 4. The van der Waals surface area contributed by atoms with Crippen LogP contribution in [-0.4, -0.2) is 34.9 Å². The first kappa shape index (κ1) is 14.3. The number of carbonyl (C=O) groups is 1. The van der Waals surface area contributed by atoms with Gasteiger partial charge in [0.05, 0.1) is 6.04 Å². The second-order valence-electron chi connectivity index (χ2n) is 4.88. The van der Waals surface area contributed by atoms with Crippen LogP contribution in [0.4, 0.5) is 4.39 Å². The van der Waals surface area contributed by atoms with Crippen LogP contribution in [0.2, 0.25) is 0 Å². The first-order valence-corrected chi connectivity index (χ1v) is 7.66. The maximum absolute atomic E-state index is 13.0. The van der Waals surface area contributed by atoms with Crippen molar-refractivity contribution < 1.29 is 9.18 Å². The van der Waals surface area contributed by atoms with Crippen molar-refractivity contribution in [3.63, 3.8) is 0 Å². The number of nitrogens with zero attached hydrogens (tertiary/aromatic N) is 1. The molecule has 1 aliphatic rings. The molecule has 0 spiro atoms. The standard InChI is InChI=1S/C14H19FN2OS/c1-9(19-3)8-17-13(16-10(2)14(17)18)11-4-6-12(15)7-5-11/h4-7,9-10,13,16H,8H2,1-3H3. The zero-order valence-electron chi connectivity index (χ0n) is 11.4. The molecule has 0 radical (unpaired) electrons. The van der Waals surface area contributed by atoms with Crippen LogP contribution < -0.4 is 5.32 Å². The van der Waals surface area contributed by atoms with Crippen molar-refractivity contribution in [2.24, 2.45) is 0 Å². The summed E-state index contributed by atoms with van der Waals surface area (Å²) >= 11 is 1.73. The lowest BCUT2D eigenvalue weighted by Crippen LogP contribution is -2.35. The molecule has 1 saturated heterocycles. The highest BCUT2D eigenvalue weighted by atomic mass is 32.2. The van der Waals surface area contributed by atoms with Crippen LogP contribution in [0.5, 0.6) is 0 Å². The summed E-state index contributed by atoms with van der Waals surface area (Å²) in [5.74, 6) is -0.152. The van der Waals surface area contributed by atoms with Crippen LogP contribution >= 0.6 is 11.8 Å². The molecule has 1 N–H and O–H groups in total. The molecular formula is C14H19FN2OS. The zero-order chi connectivity index (χ0) is 14.0. The van der Waals surface area contributed by atoms with E-state index in [1.54, 1.807) is 23.9 Å². The van der Waals surface area contributed by atoms with Gasteiger partial charge in [0.15, 0.2) is 0 Å². The van der Waals surface area contributed by atoms with E-state index in [0.717, 1.165) is 5.56 Å². The highest BCUT2D eigenvalue weighted by Gasteiger charge is 2.37. The van der Waals surface area contributed by atoms with E-state index in [1.165, 1.54) is 12.1 Å². The summed E-state index contributed by atoms with van der Waals surface area (Å²) in [7, 11) is 0. The van der Waals surface area contributed by atoms with Crippen molar-refractivity contribution in [1.29, 1.82) is 0 Å². The molecule has 1 aliphatic heterocycles. The summed E-state index contributed by atoms with van der Waals surface area (Å²) in [5.41, 5.74) is 0.924.